The van der Waals surface area contributed by atoms with E-state index in [1.165, 1.54) is 20.8 Å². The summed E-state index contributed by atoms with van der Waals surface area (Å²) in [6, 6.07) is 8.70. The predicted octanol–water partition coefficient (Wildman–Crippen LogP) is 5.01. The van der Waals surface area contributed by atoms with Crippen LogP contribution in [0.4, 0.5) is 4.39 Å². The van der Waals surface area contributed by atoms with E-state index in [1.807, 2.05) is 58.0 Å². The van der Waals surface area contributed by atoms with E-state index in [-0.39, 0.29) is 38.4 Å². The minimum Gasteiger partial charge on any atom is -0.457 e. The number of fused-ring (bicyclic) bond motifs is 5. The highest BCUT2D eigenvalue weighted by Crippen LogP contribution is 2.41. The lowest BCUT2D eigenvalue weighted by molar-refractivity contribution is -0.324. The zero-order chi connectivity index (χ0) is 45.8. The summed E-state index contributed by atoms with van der Waals surface area (Å²) in [7, 11) is 3.58. The van der Waals surface area contributed by atoms with Gasteiger partial charge < -0.3 is 48.4 Å². The third-order valence-electron chi connectivity index (χ3n) is 12.0. The number of Topliss-reactive ketones (excluding diaryl/α,β-unsaturated/α-hetero) is 1. The fraction of sp³-hybridized carbons (Fsp3) is 0.756. The van der Waals surface area contributed by atoms with Crippen molar-refractivity contribution in [2.45, 2.75) is 174 Å². The first kappa shape index (κ1) is 50.4. The molecule has 2 bridgehead atoms. The normalized spacial score (nSPS) is 39.9. The van der Waals surface area contributed by atoms with Crippen LogP contribution in [0.15, 0.2) is 40.5 Å². The minimum absolute atomic E-state index is 0.00398. The van der Waals surface area contributed by atoms with Gasteiger partial charge in [0.15, 0.2) is 12.1 Å². The average molecular weight is 864 g/mol. The van der Waals surface area contributed by atoms with Crippen molar-refractivity contribution in [1.82, 2.24) is 4.90 Å². The number of hydrogen-bond donors (Lipinski definition) is 2. The number of hydrogen-bond acceptors (Lipinski definition) is 14. The molecule has 3 heterocycles. The highest BCUT2D eigenvalue weighted by Gasteiger charge is 2.57. The number of cyclic esters (lactones) is 1. The first-order valence-electron chi connectivity index (χ1n) is 21.3. The molecule has 61 heavy (non-hydrogen) atoms. The molecule has 2 N–H and O–H groups in total. The number of nitrogens with zero attached hydrogens (tertiary/aromatic N) is 3. The van der Waals surface area contributed by atoms with Gasteiger partial charge in [-0.2, -0.15) is 0 Å². The fourth-order valence-electron chi connectivity index (χ4n) is 9.02. The van der Waals surface area contributed by atoms with Crippen molar-refractivity contribution in [1.29, 1.82) is 0 Å². The molecule has 0 unspecified atom stereocenters. The number of benzene rings is 1. The third-order valence-corrected chi connectivity index (χ3v) is 12.0. The molecular weight excluding hydrogens is 794 g/mol. The van der Waals surface area contributed by atoms with Crippen molar-refractivity contribution in [3.63, 3.8) is 0 Å². The maximum Gasteiger partial charge on any atom is 0.351 e. The standard InChI is InChI=1S/C45H70FN3O12/c1-15-32-45(12,54)39-26(3)33(47-29(6)50)25(2)21-43(10,56-24-31(23-55-39)48-57-22-30-19-17-16-18-20-30)38(27(4)37(52)44(11,46)41(53)59-32)60-40-35(51)34(49(13)14)36(28(5)58-40)61-42(7,8)9/h16-20,25-28,32,34-36,38-40,51,54H,15,21-24H2,1-14H3/b47-33+,48-31+/t25-,26+,27+,28-,32-,34-,35-,36-,38-,39-,40+,43-,44+,45-/m1/s1. The van der Waals surface area contributed by atoms with Crippen LogP contribution in [0.25, 0.3) is 0 Å². The van der Waals surface area contributed by atoms with E-state index in [2.05, 4.69) is 10.1 Å². The Morgan fingerprint density at radius 1 is 1.03 bits per heavy atom. The SMILES string of the molecule is CC[C@H]1OC(=O)[C@@](C)(F)C(=O)[C@H](C)[C@@H](O[C@@H]2O[C@H](C)[C@@H](OC(C)(C)C)[C@H](N(C)C)[C@H]2O)[C@@]2(C)C[C@@H](C)/C(=N\C(C)=O)[C@H](C)[C@@H](OC/C(=N\OCc3ccccc3)CO2)[C@]1(C)O. The number of ketones is 1. The Hall–Kier alpha value is -3.22. The molecule has 0 radical (unpaired) electrons. The number of alkyl halides is 1. The summed E-state index contributed by atoms with van der Waals surface area (Å²) in [6.45, 7) is 18.9. The first-order chi connectivity index (χ1) is 28.2. The van der Waals surface area contributed by atoms with Crippen LogP contribution in [0.2, 0.25) is 0 Å². The summed E-state index contributed by atoms with van der Waals surface area (Å²) in [6.07, 6.45) is -8.10. The van der Waals surface area contributed by atoms with Crippen LogP contribution in [-0.4, -0.2) is 143 Å². The zero-order valence-corrected chi connectivity index (χ0v) is 38.5. The summed E-state index contributed by atoms with van der Waals surface area (Å²) in [5.41, 5.74) is -6.06. The van der Waals surface area contributed by atoms with Crippen LogP contribution in [0, 0.1) is 17.8 Å². The van der Waals surface area contributed by atoms with Gasteiger partial charge >= 0.3 is 5.97 Å². The van der Waals surface area contributed by atoms with Crippen LogP contribution >= 0.6 is 0 Å². The lowest BCUT2D eigenvalue weighted by atomic mass is 9.73. The van der Waals surface area contributed by atoms with Gasteiger partial charge in [0, 0.05) is 24.5 Å². The quantitative estimate of drug-likeness (QED) is 0.202. The van der Waals surface area contributed by atoms with E-state index < -0.39 is 107 Å². The molecule has 3 saturated heterocycles. The Bertz CT molecular complexity index is 1730. The maximum absolute atomic E-state index is 17.0. The number of aliphatic hydroxyl groups is 2. The number of likely N-dealkylation sites (N-methyl/N-ethyl adjacent to an activating group) is 1. The molecule has 0 saturated carbocycles. The molecule has 0 spiro atoms. The minimum atomic E-state index is -3.24. The number of carbonyl (C=O) groups is 3. The topological polar surface area (TPSA) is 184 Å². The van der Waals surface area contributed by atoms with Crippen molar-refractivity contribution in [2.75, 3.05) is 27.3 Å². The summed E-state index contributed by atoms with van der Waals surface area (Å²) >= 11 is 0. The third kappa shape index (κ3) is 11.9. The van der Waals surface area contributed by atoms with Crippen LogP contribution in [-0.2, 0) is 54.2 Å². The fourth-order valence-corrected chi connectivity index (χ4v) is 9.02. The van der Waals surface area contributed by atoms with E-state index in [1.54, 1.807) is 46.7 Å². The molecule has 1 amide bonds. The summed E-state index contributed by atoms with van der Waals surface area (Å²) in [5, 5.41) is 28.9. The van der Waals surface area contributed by atoms with Crippen LogP contribution in [0.5, 0.6) is 0 Å². The second-order valence-corrected chi connectivity index (χ2v) is 18.8. The Morgan fingerprint density at radius 3 is 2.25 bits per heavy atom. The molecule has 3 aliphatic rings. The van der Waals surface area contributed by atoms with E-state index in [9.17, 15) is 24.6 Å². The first-order valence-corrected chi connectivity index (χ1v) is 21.3. The molecule has 16 heteroatoms. The van der Waals surface area contributed by atoms with E-state index in [0.29, 0.717) is 5.71 Å². The van der Waals surface area contributed by atoms with Gasteiger partial charge in [-0.3, -0.25) is 9.59 Å². The maximum atomic E-state index is 17.0. The lowest BCUT2D eigenvalue weighted by Gasteiger charge is -2.50. The zero-order valence-electron chi connectivity index (χ0n) is 38.5. The number of aliphatic imine (C=N–C) groups is 1. The second-order valence-electron chi connectivity index (χ2n) is 18.8. The molecule has 4 rings (SSSR count). The van der Waals surface area contributed by atoms with E-state index in [0.717, 1.165) is 12.5 Å². The highest BCUT2D eigenvalue weighted by atomic mass is 19.1. The van der Waals surface area contributed by atoms with Gasteiger partial charge in [-0.15, -0.1) is 0 Å². The van der Waals surface area contributed by atoms with Gasteiger partial charge in [0.2, 0.25) is 5.91 Å². The van der Waals surface area contributed by atoms with Crippen LogP contribution < -0.4 is 0 Å². The molecule has 15 nitrogen and oxygen atoms in total. The van der Waals surface area contributed by atoms with Gasteiger partial charge in [-0.05, 0) is 86.9 Å². The average Bonchev–Trinajstić information content (AvgIpc) is 3.18. The van der Waals surface area contributed by atoms with Crippen LogP contribution in [0.3, 0.4) is 0 Å². The Labute approximate surface area is 360 Å². The summed E-state index contributed by atoms with van der Waals surface area (Å²) in [5.74, 6) is -6.15. The molecule has 3 fully saturated rings. The molecule has 0 aromatic heterocycles. The molecule has 3 aliphatic heterocycles. The van der Waals surface area contributed by atoms with Crippen LogP contribution in [0.1, 0.15) is 101 Å². The van der Waals surface area contributed by atoms with Gasteiger partial charge in [0.1, 0.15) is 36.2 Å². The predicted molar refractivity (Wildman–Crippen MR) is 226 cm³/mol. The summed E-state index contributed by atoms with van der Waals surface area (Å²) < 4.78 is 55.6. The smallest absolute Gasteiger partial charge is 0.351 e. The number of ether oxygens (including phenoxy) is 6. The number of esters is 1. The summed E-state index contributed by atoms with van der Waals surface area (Å²) in [4.78, 5) is 53.4. The lowest BCUT2D eigenvalue weighted by Crippen LogP contribution is -2.66. The molecular formula is C45H70FN3O12. The largest absolute Gasteiger partial charge is 0.457 e. The number of amides is 1. The van der Waals surface area contributed by atoms with E-state index in [4.69, 9.17) is 33.3 Å². The highest BCUT2D eigenvalue weighted by molar-refractivity contribution is 6.08. The van der Waals surface area contributed by atoms with Crippen molar-refractivity contribution in [3.05, 3.63) is 35.9 Å². The Morgan fingerprint density at radius 2 is 1.67 bits per heavy atom. The number of halogens is 1. The molecule has 14 atom stereocenters. The van der Waals surface area contributed by atoms with Gasteiger partial charge in [-0.25, -0.2) is 14.2 Å². The van der Waals surface area contributed by atoms with Gasteiger partial charge in [0.05, 0.1) is 48.8 Å². The molecule has 344 valence electrons. The van der Waals surface area contributed by atoms with Crippen molar-refractivity contribution < 1.29 is 62.2 Å². The monoisotopic (exact) mass is 863 g/mol. The molecule has 1 aromatic carbocycles. The second kappa shape index (κ2) is 20.1. The molecule has 1 aromatic rings. The number of oxime groups is 1. The Kier molecular flexibility index (Phi) is 16.6. The Balaban J connectivity index is 1.97. The van der Waals surface area contributed by atoms with Gasteiger partial charge in [-0.1, -0.05) is 63.2 Å². The number of carbonyl (C=O) groups excluding carboxylic acids is 3. The molecule has 0 aliphatic carbocycles. The number of rotatable bonds is 8. The van der Waals surface area contributed by atoms with Crippen molar-refractivity contribution in [3.8, 4) is 0 Å². The van der Waals surface area contributed by atoms with Crippen molar-refractivity contribution in [2.24, 2.45) is 27.9 Å². The van der Waals surface area contributed by atoms with Gasteiger partial charge in [0.25, 0.3) is 5.67 Å². The van der Waals surface area contributed by atoms with E-state index >= 15 is 4.39 Å². The van der Waals surface area contributed by atoms with Crippen molar-refractivity contribution >= 4 is 29.1 Å². The number of aliphatic hydroxyl groups excluding tert-OH is 1.